The zero-order valence-electron chi connectivity index (χ0n) is 14.6. The molecule has 0 aromatic carbocycles. The third-order valence-corrected chi connectivity index (χ3v) is 6.07. The molecule has 0 saturated heterocycles. The number of unbranched alkanes of at least 4 members (excludes halogenated alkanes) is 1. The van der Waals surface area contributed by atoms with Crippen molar-refractivity contribution in [2.24, 2.45) is 23.7 Å². The molecule has 2 saturated carbocycles. The van der Waals surface area contributed by atoms with Crippen LogP contribution < -0.4 is 0 Å². The molecule has 0 aliphatic heterocycles. The molecular weight excluding hydrogens is 268 g/mol. The molecule has 22 heavy (non-hydrogen) atoms. The highest BCUT2D eigenvalue weighted by molar-refractivity contribution is 4.92. The fourth-order valence-electron chi connectivity index (χ4n) is 4.65. The number of hydrogen-bond donors (Lipinski definition) is 0. The van der Waals surface area contributed by atoms with E-state index in [0.717, 1.165) is 30.3 Å². The predicted molar refractivity (Wildman–Crippen MR) is 96.0 cm³/mol. The van der Waals surface area contributed by atoms with Crippen LogP contribution in [0.15, 0.2) is 24.8 Å². The summed E-state index contributed by atoms with van der Waals surface area (Å²) in [7, 11) is 1.77. The molecule has 2 aliphatic carbocycles. The number of allylic oxidation sites excluding steroid dienone is 2. The molecule has 0 aromatic heterocycles. The van der Waals surface area contributed by atoms with E-state index in [1.54, 1.807) is 7.11 Å². The fourth-order valence-corrected chi connectivity index (χ4v) is 4.65. The zero-order chi connectivity index (χ0) is 15.6. The van der Waals surface area contributed by atoms with Gasteiger partial charge in [-0.1, -0.05) is 37.5 Å². The van der Waals surface area contributed by atoms with Crippen molar-refractivity contribution in [1.82, 2.24) is 0 Å². The highest BCUT2D eigenvalue weighted by Crippen LogP contribution is 2.42. The van der Waals surface area contributed by atoms with E-state index in [0.29, 0.717) is 0 Å². The van der Waals surface area contributed by atoms with Crippen LogP contribution in [0, 0.1) is 23.7 Å². The molecule has 0 aromatic rings. The first-order valence-corrected chi connectivity index (χ1v) is 9.60. The first-order valence-electron chi connectivity index (χ1n) is 9.60. The predicted octanol–water partition coefficient (Wildman–Crippen LogP) is 6.16. The van der Waals surface area contributed by atoms with Crippen LogP contribution in [0.25, 0.3) is 0 Å². The van der Waals surface area contributed by atoms with Gasteiger partial charge in [0.15, 0.2) is 0 Å². The van der Waals surface area contributed by atoms with Crippen molar-refractivity contribution in [2.75, 3.05) is 13.7 Å². The summed E-state index contributed by atoms with van der Waals surface area (Å²) in [4.78, 5) is 0. The van der Waals surface area contributed by atoms with Crippen LogP contribution in [0.2, 0.25) is 0 Å². The number of ether oxygens (including phenoxy) is 1. The molecule has 0 amide bonds. The maximum Gasteiger partial charge on any atom is 0.0643 e. The Morgan fingerprint density at radius 2 is 1.59 bits per heavy atom. The van der Waals surface area contributed by atoms with Gasteiger partial charge in [0.2, 0.25) is 0 Å². The molecule has 1 heteroatoms. The van der Waals surface area contributed by atoms with Gasteiger partial charge in [0.1, 0.15) is 0 Å². The molecule has 0 atom stereocenters. The molecule has 0 spiro atoms. The van der Waals surface area contributed by atoms with Crippen LogP contribution in [0.3, 0.4) is 0 Å². The lowest BCUT2D eigenvalue weighted by molar-refractivity contribution is 0.151. The second-order valence-electron chi connectivity index (χ2n) is 7.56. The lowest BCUT2D eigenvalue weighted by Gasteiger charge is -2.37. The van der Waals surface area contributed by atoms with Crippen molar-refractivity contribution < 1.29 is 4.74 Å². The van der Waals surface area contributed by atoms with Gasteiger partial charge in [0.25, 0.3) is 0 Å². The summed E-state index contributed by atoms with van der Waals surface area (Å²) >= 11 is 0. The Labute approximate surface area is 138 Å². The number of methoxy groups -OCH3 is 1. The van der Waals surface area contributed by atoms with Crippen LogP contribution in [0.5, 0.6) is 0 Å². The molecule has 0 radical (unpaired) electrons. The summed E-state index contributed by atoms with van der Waals surface area (Å²) in [6, 6.07) is 0. The maximum atomic E-state index is 5.10. The van der Waals surface area contributed by atoms with Gasteiger partial charge in [-0.05, 0) is 75.0 Å². The third-order valence-electron chi connectivity index (χ3n) is 6.07. The molecule has 126 valence electrons. The van der Waals surface area contributed by atoms with Crippen LogP contribution in [0.1, 0.15) is 70.6 Å². The second-order valence-corrected chi connectivity index (χ2v) is 7.56. The van der Waals surface area contributed by atoms with E-state index >= 15 is 0 Å². The zero-order valence-corrected chi connectivity index (χ0v) is 14.6. The first-order chi connectivity index (χ1) is 10.8. The maximum absolute atomic E-state index is 5.10. The van der Waals surface area contributed by atoms with E-state index in [-0.39, 0.29) is 0 Å². The van der Waals surface area contributed by atoms with Crippen molar-refractivity contribution in [3.8, 4) is 0 Å². The van der Waals surface area contributed by atoms with Gasteiger partial charge < -0.3 is 4.74 Å². The minimum absolute atomic E-state index is 0.774. The summed E-state index contributed by atoms with van der Waals surface area (Å²) in [5, 5.41) is 0. The molecular formula is C21H36O. The van der Waals surface area contributed by atoms with E-state index in [1.807, 2.05) is 0 Å². The van der Waals surface area contributed by atoms with E-state index in [2.05, 4.69) is 24.8 Å². The topological polar surface area (TPSA) is 9.23 Å². The molecule has 2 aliphatic rings. The van der Waals surface area contributed by atoms with E-state index < -0.39 is 0 Å². The number of hydrogen-bond acceptors (Lipinski definition) is 1. The van der Waals surface area contributed by atoms with Gasteiger partial charge in [-0.25, -0.2) is 0 Å². The normalized spacial score (nSPS) is 33.1. The molecule has 0 heterocycles. The van der Waals surface area contributed by atoms with E-state index in [9.17, 15) is 0 Å². The van der Waals surface area contributed by atoms with Crippen molar-refractivity contribution in [3.63, 3.8) is 0 Å². The lowest BCUT2D eigenvalue weighted by Crippen LogP contribution is -2.25. The highest BCUT2D eigenvalue weighted by Gasteiger charge is 2.30. The van der Waals surface area contributed by atoms with E-state index in [4.69, 9.17) is 4.74 Å². The largest absolute Gasteiger partial charge is 0.381 e. The second kappa shape index (κ2) is 10.3. The summed E-state index contributed by atoms with van der Waals surface area (Å²) in [5.41, 5.74) is 0. The Morgan fingerprint density at radius 3 is 2.18 bits per heavy atom. The average molecular weight is 305 g/mol. The Hall–Kier alpha value is -0.560. The highest BCUT2D eigenvalue weighted by atomic mass is 16.5. The molecule has 1 nitrogen and oxygen atoms in total. The standard InChI is InChI=1S/C21H36O/c1-3-4-5-7-18-9-13-20(14-10-18)21-15-11-19(12-16-21)8-6-17-22-2/h3,6,8,18-21H,1,4-5,7,9-17H2,2H3/t18-,19-,20-,21-. The van der Waals surface area contributed by atoms with Crippen molar-refractivity contribution >= 4 is 0 Å². The van der Waals surface area contributed by atoms with Crippen molar-refractivity contribution in [1.29, 1.82) is 0 Å². The number of rotatable bonds is 8. The fraction of sp³-hybridized carbons (Fsp3) is 0.810. The van der Waals surface area contributed by atoms with Gasteiger partial charge in [-0.15, -0.1) is 6.58 Å². The quantitative estimate of drug-likeness (QED) is 0.385. The molecule has 0 unspecified atom stereocenters. The molecule has 0 bridgehead atoms. The van der Waals surface area contributed by atoms with Crippen LogP contribution in [-0.2, 0) is 4.74 Å². The minimum Gasteiger partial charge on any atom is -0.381 e. The minimum atomic E-state index is 0.774. The molecule has 2 rings (SSSR count). The van der Waals surface area contributed by atoms with Gasteiger partial charge in [0, 0.05) is 7.11 Å². The van der Waals surface area contributed by atoms with Crippen molar-refractivity contribution in [2.45, 2.75) is 70.6 Å². The van der Waals surface area contributed by atoms with Crippen LogP contribution >= 0.6 is 0 Å². The van der Waals surface area contributed by atoms with E-state index in [1.165, 1.54) is 70.6 Å². The summed E-state index contributed by atoms with van der Waals surface area (Å²) in [5.74, 6) is 3.91. The Morgan fingerprint density at radius 1 is 0.955 bits per heavy atom. The Bertz CT molecular complexity index is 317. The molecule has 2 fully saturated rings. The monoisotopic (exact) mass is 304 g/mol. The van der Waals surface area contributed by atoms with Crippen molar-refractivity contribution in [3.05, 3.63) is 24.8 Å². The molecule has 0 N–H and O–H groups in total. The van der Waals surface area contributed by atoms with Gasteiger partial charge in [-0.2, -0.15) is 0 Å². The van der Waals surface area contributed by atoms with Crippen LogP contribution in [0.4, 0.5) is 0 Å². The average Bonchev–Trinajstić information content (AvgIpc) is 2.57. The SMILES string of the molecule is C=CCCC[C@H]1CC[C@H]([C@H]2CC[C@H](C=CCOC)CC2)CC1. The lowest BCUT2D eigenvalue weighted by atomic mass is 9.68. The third kappa shape index (κ3) is 5.91. The Balaban J connectivity index is 1.63. The smallest absolute Gasteiger partial charge is 0.0643 e. The summed E-state index contributed by atoms with van der Waals surface area (Å²) in [6.45, 7) is 4.61. The first kappa shape index (κ1) is 17.8. The summed E-state index contributed by atoms with van der Waals surface area (Å²) in [6.07, 6.45) is 22.4. The Kier molecular flexibility index (Phi) is 8.30. The van der Waals surface area contributed by atoms with Gasteiger partial charge >= 0.3 is 0 Å². The van der Waals surface area contributed by atoms with Crippen LogP contribution in [-0.4, -0.2) is 13.7 Å². The summed E-state index contributed by atoms with van der Waals surface area (Å²) < 4.78 is 5.10. The van der Waals surface area contributed by atoms with Gasteiger partial charge in [-0.3, -0.25) is 0 Å². The van der Waals surface area contributed by atoms with Gasteiger partial charge in [0.05, 0.1) is 6.61 Å².